The van der Waals surface area contributed by atoms with E-state index in [4.69, 9.17) is 0 Å². The maximum absolute atomic E-state index is 13.4. The molecular weight excluding hydrogens is 267 g/mol. The lowest BCUT2D eigenvalue weighted by atomic mass is 10.1. The molecule has 1 rings (SSSR count). The van der Waals surface area contributed by atoms with Crippen molar-refractivity contribution in [2.75, 3.05) is 0 Å². The van der Waals surface area contributed by atoms with E-state index in [2.05, 4.69) is 34.3 Å². The van der Waals surface area contributed by atoms with Crippen LogP contribution in [-0.4, -0.2) is 0 Å². The number of benzene rings is 1. The van der Waals surface area contributed by atoms with Gasteiger partial charge in [-0.05, 0) is 37.6 Å². The summed E-state index contributed by atoms with van der Waals surface area (Å²) in [6.07, 6.45) is 1.74. The van der Waals surface area contributed by atoms with E-state index < -0.39 is 0 Å². The Morgan fingerprint density at radius 1 is 1.44 bits per heavy atom. The predicted octanol–water partition coefficient (Wildman–Crippen LogP) is 4.46. The Hall–Kier alpha value is -1.33. The zero-order valence-corrected chi connectivity index (χ0v) is 10.9. The highest BCUT2D eigenvalue weighted by atomic mass is 79.9. The number of hydrogen-bond acceptors (Lipinski definition) is 0. The lowest BCUT2D eigenvalue weighted by Crippen LogP contribution is -1.83. The van der Waals surface area contributed by atoms with E-state index in [9.17, 15) is 4.39 Å². The molecule has 0 aliphatic carbocycles. The van der Waals surface area contributed by atoms with Crippen molar-refractivity contribution in [3.63, 3.8) is 0 Å². The van der Waals surface area contributed by atoms with Crippen LogP contribution in [0.2, 0.25) is 0 Å². The van der Waals surface area contributed by atoms with Crippen molar-refractivity contribution in [2.45, 2.75) is 13.8 Å². The predicted molar refractivity (Wildman–Crippen MR) is 69.5 cm³/mol. The highest BCUT2D eigenvalue weighted by Gasteiger charge is 1.98. The molecule has 0 aromatic heterocycles. The van der Waals surface area contributed by atoms with Gasteiger partial charge in [-0.15, -0.1) is 0 Å². The van der Waals surface area contributed by atoms with Gasteiger partial charge in [0.25, 0.3) is 0 Å². The van der Waals surface area contributed by atoms with Crippen molar-refractivity contribution in [3.8, 4) is 11.8 Å². The summed E-state index contributed by atoms with van der Waals surface area (Å²) < 4.78 is 14.1. The third kappa shape index (κ3) is 3.36. The van der Waals surface area contributed by atoms with Crippen molar-refractivity contribution in [1.29, 1.82) is 0 Å². The molecule has 16 heavy (non-hydrogen) atoms. The van der Waals surface area contributed by atoms with Gasteiger partial charge in [0.15, 0.2) is 0 Å². The second kappa shape index (κ2) is 5.67. The first-order valence-electron chi connectivity index (χ1n) is 4.81. The summed E-state index contributed by atoms with van der Waals surface area (Å²) in [5.74, 6) is 5.40. The summed E-state index contributed by atoms with van der Waals surface area (Å²) in [5, 5.41) is 0. The second-order valence-corrected chi connectivity index (χ2v) is 4.30. The van der Waals surface area contributed by atoms with E-state index in [0.717, 1.165) is 11.1 Å². The average Bonchev–Trinajstić information content (AvgIpc) is 2.26. The Morgan fingerprint density at radius 2 is 2.12 bits per heavy atom. The monoisotopic (exact) mass is 278 g/mol. The lowest BCUT2D eigenvalue weighted by Gasteiger charge is -1.96. The molecule has 0 atom stereocenters. The van der Waals surface area contributed by atoms with E-state index >= 15 is 0 Å². The number of halogens is 2. The highest BCUT2D eigenvalue weighted by Crippen LogP contribution is 2.14. The average molecular weight is 279 g/mol. The molecule has 0 bridgehead atoms. The molecule has 0 radical (unpaired) electrons. The van der Waals surface area contributed by atoms with Crippen LogP contribution in [0.25, 0.3) is 0 Å². The summed E-state index contributed by atoms with van der Waals surface area (Å²) in [5.41, 5.74) is 2.31. The molecule has 0 spiro atoms. The molecule has 0 saturated heterocycles. The smallest absolute Gasteiger partial charge is 0.139 e. The Balaban J connectivity index is 3.06. The van der Waals surface area contributed by atoms with Crippen LogP contribution in [0.4, 0.5) is 4.39 Å². The third-order valence-electron chi connectivity index (χ3n) is 2.21. The summed E-state index contributed by atoms with van der Waals surface area (Å²) >= 11 is 3.20. The van der Waals surface area contributed by atoms with Crippen LogP contribution in [0, 0.1) is 17.7 Å². The van der Waals surface area contributed by atoms with Crippen molar-refractivity contribution in [1.82, 2.24) is 0 Å². The molecule has 0 fully saturated rings. The number of hydrogen-bond donors (Lipinski definition) is 0. The Kier molecular flexibility index (Phi) is 4.52. The topological polar surface area (TPSA) is 0 Å². The molecule has 0 nitrogen and oxygen atoms in total. The van der Waals surface area contributed by atoms with Gasteiger partial charge in [-0.3, -0.25) is 0 Å². The summed E-state index contributed by atoms with van der Waals surface area (Å²) in [6, 6.07) is 4.83. The van der Waals surface area contributed by atoms with Gasteiger partial charge in [0, 0.05) is 10.0 Å². The van der Waals surface area contributed by atoms with Crippen LogP contribution in [0.5, 0.6) is 0 Å². The first kappa shape index (κ1) is 12.7. The molecular formula is C14H12BrF. The van der Waals surface area contributed by atoms with Gasteiger partial charge in [-0.2, -0.15) is 0 Å². The van der Waals surface area contributed by atoms with Crippen LogP contribution in [0.15, 0.2) is 46.5 Å². The van der Waals surface area contributed by atoms with Gasteiger partial charge < -0.3 is 0 Å². The minimum Gasteiger partial charge on any atom is -0.206 e. The molecule has 1 aromatic rings. The van der Waals surface area contributed by atoms with E-state index in [-0.39, 0.29) is 5.82 Å². The van der Waals surface area contributed by atoms with Gasteiger partial charge in [0.2, 0.25) is 0 Å². The Morgan fingerprint density at radius 3 is 2.69 bits per heavy atom. The zero-order chi connectivity index (χ0) is 12.1. The van der Waals surface area contributed by atoms with Crippen molar-refractivity contribution in [2.24, 2.45) is 0 Å². The van der Waals surface area contributed by atoms with E-state index in [1.54, 1.807) is 18.2 Å². The molecule has 0 N–H and O–H groups in total. The molecule has 0 aliphatic rings. The molecule has 1 aromatic carbocycles. The lowest BCUT2D eigenvalue weighted by molar-refractivity contribution is 0.623. The van der Waals surface area contributed by atoms with Gasteiger partial charge in [-0.25, -0.2) is 4.39 Å². The summed E-state index contributed by atoms with van der Waals surface area (Å²) in [6.45, 7) is 7.48. The highest BCUT2D eigenvalue weighted by molar-refractivity contribution is 9.10. The molecule has 0 amide bonds. The minimum atomic E-state index is -0.314. The van der Waals surface area contributed by atoms with Crippen LogP contribution < -0.4 is 0 Å². The molecule has 82 valence electrons. The first-order chi connectivity index (χ1) is 7.54. The van der Waals surface area contributed by atoms with Crippen molar-refractivity contribution in [3.05, 3.63) is 57.9 Å². The summed E-state index contributed by atoms with van der Waals surface area (Å²) in [7, 11) is 0. The molecule has 0 aliphatic heterocycles. The van der Waals surface area contributed by atoms with Crippen molar-refractivity contribution >= 4 is 15.9 Å². The minimum absolute atomic E-state index is 0.314. The zero-order valence-electron chi connectivity index (χ0n) is 9.27. The molecule has 0 heterocycles. The third-order valence-corrected chi connectivity index (χ3v) is 2.71. The van der Waals surface area contributed by atoms with E-state index in [1.165, 1.54) is 6.07 Å². The quantitative estimate of drug-likeness (QED) is 0.526. The van der Waals surface area contributed by atoms with E-state index in [1.807, 2.05) is 13.8 Å². The van der Waals surface area contributed by atoms with Crippen LogP contribution >= 0.6 is 15.9 Å². The fourth-order valence-electron chi connectivity index (χ4n) is 1.00. The van der Waals surface area contributed by atoms with Crippen LogP contribution in [-0.2, 0) is 0 Å². The summed E-state index contributed by atoms with van der Waals surface area (Å²) in [4.78, 5) is 0. The van der Waals surface area contributed by atoms with Gasteiger partial charge in [0.1, 0.15) is 5.82 Å². The van der Waals surface area contributed by atoms with Gasteiger partial charge >= 0.3 is 0 Å². The normalized spacial score (nSPS) is 11.2. The van der Waals surface area contributed by atoms with Gasteiger partial charge in [0.05, 0.1) is 5.56 Å². The fraction of sp³-hybridized carbons (Fsp3) is 0.143. The SMILES string of the molecule is C=C/C(C)=C(\C)C#Cc1ccc(Br)cc1F. The molecule has 0 saturated carbocycles. The Labute approximate surface area is 104 Å². The number of allylic oxidation sites excluding steroid dienone is 3. The standard InChI is InChI=1S/C14H12BrF/c1-4-10(2)11(3)5-6-12-7-8-13(15)9-14(12)16/h4,7-9H,1H2,2-3H3/b11-10+. The van der Waals surface area contributed by atoms with E-state index in [0.29, 0.717) is 10.0 Å². The second-order valence-electron chi connectivity index (χ2n) is 3.39. The maximum Gasteiger partial charge on any atom is 0.139 e. The maximum atomic E-state index is 13.4. The number of rotatable bonds is 1. The van der Waals surface area contributed by atoms with Gasteiger partial charge in [-0.1, -0.05) is 40.4 Å². The van der Waals surface area contributed by atoms with Crippen LogP contribution in [0.1, 0.15) is 19.4 Å². The van der Waals surface area contributed by atoms with Crippen LogP contribution in [0.3, 0.4) is 0 Å². The first-order valence-corrected chi connectivity index (χ1v) is 5.61. The largest absolute Gasteiger partial charge is 0.206 e. The Bertz CT molecular complexity index is 501. The molecule has 0 unspecified atom stereocenters. The van der Waals surface area contributed by atoms with Crippen molar-refractivity contribution < 1.29 is 4.39 Å². The molecule has 2 heteroatoms. The fourth-order valence-corrected chi connectivity index (χ4v) is 1.34.